The molecule has 0 aromatic carbocycles. The van der Waals surface area contributed by atoms with E-state index in [2.05, 4.69) is 21.2 Å². The van der Waals surface area contributed by atoms with Crippen LogP contribution >= 0.6 is 15.9 Å². The average molecular weight is 303 g/mol. The number of rotatable bonds is 6. The average Bonchev–Trinajstić information content (AvgIpc) is 2.65. The Kier molecular flexibility index (Phi) is 5.71. The fraction of sp³-hybridized carbons (Fsp3) is 0.583. The Hall–Kier alpha value is -0.810. The Balaban J connectivity index is 2.46. The molecule has 0 aliphatic rings. The molecule has 1 atom stereocenters. The lowest BCUT2D eigenvalue weighted by Gasteiger charge is -2.08. The lowest BCUT2D eigenvalue weighted by atomic mass is 10.2. The monoisotopic (exact) mass is 302 g/mol. The van der Waals surface area contributed by atoms with Gasteiger partial charge in [-0.05, 0) is 48.7 Å². The van der Waals surface area contributed by atoms with Crippen LogP contribution in [0.4, 0.5) is 0 Å². The maximum absolute atomic E-state index is 11.9. The number of aromatic nitrogens is 1. The molecule has 0 spiro atoms. The van der Waals surface area contributed by atoms with Crippen LogP contribution < -0.4 is 5.32 Å². The zero-order chi connectivity index (χ0) is 12.8. The molecular formula is C12H19BrN2O2. The summed E-state index contributed by atoms with van der Waals surface area (Å²) in [5, 5.41) is 11.9. The molecule has 5 heteroatoms. The molecule has 0 saturated carbocycles. The molecule has 0 aliphatic carbocycles. The second-order valence-corrected chi connectivity index (χ2v) is 4.99. The van der Waals surface area contributed by atoms with E-state index >= 15 is 0 Å². The minimum Gasteiger partial charge on any atom is -0.393 e. The van der Waals surface area contributed by atoms with Crippen molar-refractivity contribution < 1.29 is 9.90 Å². The third-order valence-corrected chi connectivity index (χ3v) is 2.95. The van der Waals surface area contributed by atoms with Gasteiger partial charge in [-0.1, -0.05) is 0 Å². The first kappa shape index (κ1) is 14.3. The van der Waals surface area contributed by atoms with Crippen molar-refractivity contribution in [2.45, 2.75) is 39.3 Å². The summed E-state index contributed by atoms with van der Waals surface area (Å²) in [6.07, 6.45) is 3.08. The zero-order valence-electron chi connectivity index (χ0n) is 10.2. The van der Waals surface area contributed by atoms with Crippen LogP contribution in [0.25, 0.3) is 0 Å². The Morgan fingerprint density at radius 3 is 2.94 bits per heavy atom. The standard InChI is InChI=1S/C12H19BrN2O2/c1-3-15-8-10(13)7-11(15)12(17)14-6-4-5-9(2)16/h7-9,16H,3-6H2,1-2H3,(H,14,17). The van der Waals surface area contributed by atoms with Gasteiger partial charge in [0.25, 0.3) is 5.91 Å². The van der Waals surface area contributed by atoms with Gasteiger partial charge in [0.2, 0.25) is 0 Å². The Morgan fingerprint density at radius 1 is 1.65 bits per heavy atom. The molecule has 0 bridgehead atoms. The molecule has 1 aromatic heterocycles. The first-order chi connectivity index (χ1) is 8.04. The van der Waals surface area contributed by atoms with Crippen LogP contribution in [0.1, 0.15) is 37.2 Å². The lowest BCUT2D eigenvalue weighted by Crippen LogP contribution is -2.27. The van der Waals surface area contributed by atoms with Gasteiger partial charge in [-0.2, -0.15) is 0 Å². The fourth-order valence-corrected chi connectivity index (χ4v) is 2.08. The highest BCUT2D eigenvalue weighted by atomic mass is 79.9. The second-order valence-electron chi connectivity index (χ2n) is 4.08. The Labute approximate surface area is 110 Å². The topological polar surface area (TPSA) is 54.3 Å². The minimum absolute atomic E-state index is 0.0665. The molecule has 0 aliphatic heterocycles. The van der Waals surface area contributed by atoms with Crippen molar-refractivity contribution in [3.63, 3.8) is 0 Å². The van der Waals surface area contributed by atoms with Crippen LogP contribution in [-0.2, 0) is 6.54 Å². The number of amides is 1. The number of nitrogens with zero attached hydrogens (tertiary/aromatic N) is 1. The molecule has 96 valence electrons. The van der Waals surface area contributed by atoms with E-state index in [1.807, 2.05) is 23.8 Å². The fourth-order valence-electron chi connectivity index (χ4n) is 1.62. The van der Waals surface area contributed by atoms with Gasteiger partial charge in [-0.15, -0.1) is 0 Å². The van der Waals surface area contributed by atoms with Gasteiger partial charge in [0, 0.05) is 23.8 Å². The molecular weight excluding hydrogens is 284 g/mol. The molecule has 4 nitrogen and oxygen atoms in total. The molecule has 2 N–H and O–H groups in total. The molecule has 1 unspecified atom stereocenters. The van der Waals surface area contributed by atoms with E-state index in [0.717, 1.165) is 17.4 Å². The van der Waals surface area contributed by atoms with Crippen molar-refractivity contribution in [2.75, 3.05) is 6.54 Å². The summed E-state index contributed by atoms with van der Waals surface area (Å²) in [6.45, 7) is 5.11. The van der Waals surface area contributed by atoms with Gasteiger partial charge in [-0.25, -0.2) is 0 Å². The molecule has 17 heavy (non-hydrogen) atoms. The summed E-state index contributed by atoms with van der Waals surface area (Å²) in [5.41, 5.74) is 0.663. The first-order valence-electron chi connectivity index (χ1n) is 5.86. The second kappa shape index (κ2) is 6.81. The van der Waals surface area contributed by atoms with Crippen LogP contribution in [0.5, 0.6) is 0 Å². The van der Waals surface area contributed by atoms with Crippen LogP contribution in [-0.4, -0.2) is 28.2 Å². The van der Waals surface area contributed by atoms with Crippen LogP contribution in [0, 0.1) is 0 Å². The molecule has 0 fully saturated rings. The van der Waals surface area contributed by atoms with Crippen molar-refractivity contribution in [1.82, 2.24) is 9.88 Å². The van der Waals surface area contributed by atoms with Gasteiger partial charge < -0.3 is 15.0 Å². The van der Waals surface area contributed by atoms with Gasteiger partial charge in [-0.3, -0.25) is 4.79 Å². The zero-order valence-corrected chi connectivity index (χ0v) is 11.8. The summed E-state index contributed by atoms with van der Waals surface area (Å²) in [7, 11) is 0. The molecule has 1 amide bonds. The molecule has 0 radical (unpaired) electrons. The highest BCUT2D eigenvalue weighted by Gasteiger charge is 2.11. The number of carbonyl (C=O) groups is 1. The van der Waals surface area contributed by atoms with E-state index in [4.69, 9.17) is 5.11 Å². The van der Waals surface area contributed by atoms with Gasteiger partial charge in [0.15, 0.2) is 0 Å². The number of hydrogen-bond acceptors (Lipinski definition) is 2. The molecule has 1 rings (SSSR count). The van der Waals surface area contributed by atoms with E-state index in [0.29, 0.717) is 18.7 Å². The van der Waals surface area contributed by atoms with Crippen molar-refractivity contribution >= 4 is 21.8 Å². The summed E-state index contributed by atoms with van der Waals surface area (Å²) >= 11 is 3.36. The summed E-state index contributed by atoms with van der Waals surface area (Å²) in [4.78, 5) is 11.9. The summed E-state index contributed by atoms with van der Waals surface area (Å²) in [5.74, 6) is -0.0665. The van der Waals surface area contributed by atoms with E-state index in [1.165, 1.54) is 0 Å². The third kappa shape index (κ3) is 4.52. The van der Waals surface area contributed by atoms with Crippen molar-refractivity contribution in [1.29, 1.82) is 0 Å². The molecule has 1 aromatic rings. The van der Waals surface area contributed by atoms with Crippen LogP contribution in [0.3, 0.4) is 0 Å². The quantitative estimate of drug-likeness (QED) is 0.791. The predicted octanol–water partition coefficient (Wildman–Crippen LogP) is 2.16. The Morgan fingerprint density at radius 2 is 2.35 bits per heavy atom. The van der Waals surface area contributed by atoms with Crippen LogP contribution in [0.2, 0.25) is 0 Å². The highest BCUT2D eigenvalue weighted by molar-refractivity contribution is 9.10. The van der Waals surface area contributed by atoms with E-state index < -0.39 is 0 Å². The number of nitrogens with one attached hydrogen (secondary N) is 1. The van der Waals surface area contributed by atoms with E-state index in [9.17, 15) is 4.79 Å². The van der Waals surface area contributed by atoms with E-state index in [1.54, 1.807) is 6.92 Å². The largest absolute Gasteiger partial charge is 0.393 e. The number of aliphatic hydroxyl groups excluding tert-OH is 1. The van der Waals surface area contributed by atoms with Gasteiger partial charge >= 0.3 is 0 Å². The summed E-state index contributed by atoms with van der Waals surface area (Å²) in [6, 6.07) is 1.81. The van der Waals surface area contributed by atoms with Gasteiger partial charge in [0.1, 0.15) is 5.69 Å². The first-order valence-corrected chi connectivity index (χ1v) is 6.65. The van der Waals surface area contributed by atoms with Crippen LogP contribution in [0.15, 0.2) is 16.7 Å². The van der Waals surface area contributed by atoms with Crippen molar-refractivity contribution in [2.24, 2.45) is 0 Å². The number of aliphatic hydroxyl groups is 1. The Bertz CT molecular complexity index is 375. The van der Waals surface area contributed by atoms with Gasteiger partial charge in [0.05, 0.1) is 6.10 Å². The number of halogens is 1. The number of carbonyl (C=O) groups excluding carboxylic acids is 1. The number of aryl methyl sites for hydroxylation is 1. The summed E-state index contributed by atoms with van der Waals surface area (Å²) < 4.78 is 2.81. The maximum atomic E-state index is 11.9. The molecule has 0 saturated heterocycles. The predicted molar refractivity (Wildman–Crippen MR) is 71.1 cm³/mol. The third-order valence-electron chi connectivity index (χ3n) is 2.52. The highest BCUT2D eigenvalue weighted by Crippen LogP contribution is 2.14. The number of hydrogen-bond donors (Lipinski definition) is 2. The minimum atomic E-state index is -0.305. The smallest absolute Gasteiger partial charge is 0.267 e. The molecule has 1 heterocycles. The van der Waals surface area contributed by atoms with E-state index in [-0.39, 0.29) is 12.0 Å². The normalized spacial score (nSPS) is 12.5. The SMILES string of the molecule is CCn1cc(Br)cc1C(=O)NCCCC(C)O. The lowest BCUT2D eigenvalue weighted by molar-refractivity contribution is 0.0940. The van der Waals surface area contributed by atoms with Crippen molar-refractivity contribution in [3.8, 4) is 0 Å². The maximum Gasteiger partial charge on any atom is 0.267 e. The van der Waals surface area contributed by atoms with Crippen molar-refractivity contribution in [3.05, 3.63) is 22.4 Å².